The highest BCUT2D eigenvalue weighted by molar-refractivity contribution is 5.95. The van der Waals surface area contributed by atoms with Crippen molar-refractivity contribution in [1.29, 1.82) is 0 Å². The predicted octanol–water partition coefficient (Wildman–Crippen LogP) is -0.262. The molecule has 0 radical (unpaired) electrons. The van der Waals surface area contributed by atoms with Gasteiger partial charge in [-0.1, -0.05) is 12.1 Å². The Morgan fingerprint density at radius 3 is 2.65 bits per heavy atom. The number of piperidine rings is 1. The van der Waals surface area contributed by atoms with E-state index >= 15 is 0 Å². The number of carbonyl (C=O) groups excluding carboxylic acids is 1. The van der Waals surface area contributed by atoms with E-state index in [0.717, 1.165) is 19.5 Å². The molecule has 0 aromatic carbocycles. The van der Waals surface area contributed by atoms with Gasteiger partial charge in [0.2, 0.25) is 5.91 Å². The Morgan fingerprint density at radius 1 is 1.50 bits per heavy atom. The minimum Gasteiger partial charge on any atom is -0.409 e. The number of nitrogens with one attached hydrogen (secondary N) is 1. The summed E-state index contributed by atoms with van der Waals surface area (Å²) >= 11 is 0. The van der Waals surface area contributed by atoms with Crippen LogP contribution in [0.4, 0.5) is 0 Å². The van der Waals surface area contributed by atoms with Crippen molar-refractivity contribution in [1.82, 2.24) is 10.2 Å². The quantitative estimate of drug-likeness (QED) is 0.287. The smallest absolute Gasteiger partial charge is 0.250 e. The van der Waals surface area contributed by atoms with Gasteiger partial charge >= 0.3 is 0 Å². The second-order valence-corrected chi connectivity index (χ2v) is 5.92. The van der Waals surface area contributed by atoms with E-state index in [9.17, 15) is 4.79 Å². The lowest BCUT2D eigenvalue weighted by Gasteiger charge is -2.40. The maximum absolute atomic E-state index is 12.4. The zero-order chi connectivity index (χ0) is 14.8. The highest BCUT2D eigenvalue weighted by Crippen LogP contribution is 2.25. The number of rotatable bonds is 3. The molecule has 2 rings (SSSR count). The summed E-state index contributed by atoms with van der Waals surface area (Å²) in [5.74, 6) is 0.112. The molecule has 2 unspecified atom stereocenters. The van der Waals surface area contributed by atoms with E-state index in [2.05, 4.69) is 15.4 Å². The summed E-state index contributed by atoms with van der Waals surface area (Å²) in [5.41, 5.74) is 5.08. The monoisotopic (exact) mass is 284 g/mol. The molecule has 0 aliphatic carbocycles. The lowest BCUT2D eigenvalue weighted by Crippen LogP contribution is -2.63. The van der Waals surface area contributed by atoms with Crippen LogP contribution in [0.1, 0.15) is 26.2 Å². The second kappa shape index (κ2) is 5.97. The Bertz CT molecular complexity index is 391. The third-order valence-electron chi connectivity index (χ3n) is 4.45. The molecular weight excluding hydrogens is 260 g/mol. The Labute approximate surface area is 119 Å². The summed E-state index contributed by atoms with van der Waals surface area (Å²) in [4.78, 5) is 14.5. The summed E-state index contributed by atoms with van der Waals surface area (Å²) in [7, 11) is 2.01. The van der Waals surface area contributed by atoms with Crippen molar-refractivity contribution in [2.24, 2.45) is 16.8 Å². The van der Waals surface area contributed by atoms with Crippen LogP contribution in [-0.2, 0) is 9.53 Å². The van der Waals surface area contributed by atoms with E-state index in [1.54, 1.807) is 0 Å². The SMILES string of the molecule is CC1CCOC1C(=O)NC1(C(N)=NO)CCN(C)CC1. The van der Waals surface area contributed by atoms with Gasteiger partial charge in [0.25, 0.3) is 0 Å². The van der Waals surface area contributed by atoms with Crippen LogP contribution in [0.15, 0.2) is 5.16 Å². The highest BCUT2D eigenvalue weighted by atomic mass is 16.5. The van der Waals surface area contributed by atoms with Gasteiger partial charge in [0.05, 0.1) is 0 Å². The van der Waals surface area contributed by atoms with Crippen molar-refractivity contribution in [2.45, 2.75) is 37.8 Å². The molecule has 0 aromatic heterocycles. The minimum absolute atomic E-state index is 0.0737. The van der Waals surface area contributed by atoms with E-state index in [1.807, 2.05) is 14.0 Å². The minimum atomic E-state index is -0.760. The number of oxime groups is 1. The molecule has 0 bridgehead atoms. The van der Waals surface area contributed by atoms with Gasteiger partial charge in [-0.15, -0.1) is 0 Å². The van der Waals surface area contributed by atoms with Crippen LogP contribution in [0.25, 0.3) is 0 Å². The number of likely N-dealkylation sites (tertiary alicyclic amines) is 1. The number of hydrogen-bond donors (Lipinski definition) is 3. The van der Waals surface area contributed by atoms with Crippen molar-refractivity contribution in [3.63, 3.8) is 0 Å². The van der Waals surface area contributed by atoms with E-state index in [4.69, 9.17) is 15.7 Å². The first-order chi connectivity index (χ1) is 9.48. The molecule has 2 aliphatic heterocycles. The van der Waals surface area contributed by atoms with Crippen LogP contribution in [-0.4, -0.2) is 60.2 Å². The Balaban J connectivity index is 2.10. The standard InChI is InChI=1S/C13H24N4O3/c1-9-3-8-20-10(9)11(18)15-13(12(14)16-19)4-6-17(2)7-5-13/h9-10,19H,3-8H2,1-2H3,(H2,14,16)(H,15,18). The molecule has 2 atom stereocenters. The van der Waals surface area contributed by atoms with Gasteiger partial charge < -0.3 is 25.9 Å². The average Bonchev–Trinajstić information content (AvgIpc) is 2.87. The van der Waals surface area contributed by atoms with Gasteiger partial charge in [0.15, 0.2) is 5.84 Å². The molecule has 0 spiro atoms. The number of nitrogens with zero attached hydrogens (tertiary/aromatic N) is 2. The van der Waals surface area contributed by atoms with Gasteiger partial charge in [-0.25, -0.2) is 0 Å². The van der Waals surface area contributed by atoms with Crippen molar-refractivity contribution in [3.8, 4) is 0 Å². The molecule has 0 saturated carbocycles. The maximum Gasteiger partial charge on any atom is 0.250 e. The number of nitrogens with two attached hydrogens (primary N) is 1. The van der Waals surface area contributed by atoms with Crippen molar-refractivity contribution in [3.05, 3.63) is 0 Å². The largest absolute Gasteiger partial charge is 0.409 e. The topological polar surface area (TPSA) is 100 Å². The zero-order valence-corrected chi connectivity index (χ0v) is 12.1. The summed E-state index contributed by atoms with van der Waals surface area (Å²) in [5, 5.41) is 15.1. The summed E-state index contributed by atoms with van der Waals surface area (Å²) in [6.45, 7) is 4.19. The number of hydrogen-bond acceptors (Lipinski definition) is 5. The van der Waals surface area contributed by atoms with Crippen molar-refractivity contribution in [2.75, 3.05) is 26.7 Å². The Morgan fingerprint density at radius 2 is 2.15 bits per heavy atom. The van der Waals surface area contributed by atoms with Gasteiger partial charge in [0, 0.05) is 19.7 Å². The number of carbonyl (C=O) groups is 1. The molecule has 1 amide bonds. The second-order valence-electron chi connectivity index (χ2n) is 5.92. The first-order valence-corrected chi connectivity index (χ1v) is 7.09. The lowest BCUT2D eigenvalue weighted by atomic mass is 9.85. The molecule has 4 N–H and O–H groups in total. The van der Waals surface area contributed by atoms with Crippen LogP contribution in [0, 0.1) is 5.92 Å². The predicted molar refractivity (Wildman–Crippen MR) is 74.5 cm³/mol. The van der Waals surface area contributed by atoms with Crippen molar-refractivity contribution < 1.29 is 14.7 Å². The summed E-state index contributed by atoms with van der Waals surface area (Å²) in [6, 6.07) is 0. The van der Waals surface area contributed by atoms with Crippen LogP contribution in [0.3, 0.4) is 0 Å². The van der Waals surface area contributed by atoms with Crippen LogP contribution < -0.4 is 11.1 Å². The molecule has 0 aromatic rings. The lowest BCUT2D eigenvalue weighted by molar-refractivity contribution is -0.133. The molecule has 2 fully saturated rings. The Hall–Kier alpha value is -1.34. The molecular formula is C13H24N4O3. The molecule has 2 heterocycles. The normalized spacial score (nSPS) is 31.2. The van der Waals surface area contributed by atoms with Crippen LogP contribution >= 0.6 is 0 Å². The fourth-order valence-electron chi connectivity index (χ4n) is 2.88. The fraction of sp³-hybridized carbons (Fsp3) is 0.846. The summed E-state index contributed by atoms with van der Waals surface area (Å²) in [6.07, 6.45) is 1.72. The van der Waals surface area contributed by atoms with Crippen LogP contribution in [0.5, 0.6) is 0 Å². The molecule has 20 heavy (non-hydrogen) atoms. The van der Waals surface area contributed by atoms with Crippen molar-refractivity contribution >= 4 is 11.7 Å². The van der Waals surface area contributed by atoms with E-state index in [0.29, 0.717) is 19.4 Å². The number of ether oxygens (including phenoxy) is 1. The zero-order valence-electron chi connectivity index (χ0n) is 12.1. The van der Waals surface area contributed by atoms with E-state index in [-0.39, 0.29) is 17.7 Å². The van der Waals surface area contributed by atoms with E-state index in [1.165, 1.54) is 0 Å². The third kappa shape index (κ3) is 2.88. The highest BCUT2D eigenvalue weighted by Gasteiger charge is 2.42. The summed E-state index contributed by atoms with van der Waals surface area (Å²) < 4.78 is 5.48. The molecule has 2 saturated heterocycles. The van der Waals surface area contributed by atoms with Gasteiger partial charge in [-0.3, -0.25) is 4.79 Å². The molecule has 114 valence electrons. The number of amides is 1. The molecule has 2 aliphatic rings. The van der Waals surface area contributed by atoms with Gasteiger partial charge in [0.1, 0.15) is 11.6 Å². The first-order valence-electron chi connectivity index (χ1n) is 7.09. The van der Waals surface area contributed by atoms with Gasteiger partial charge in [-0.05, 0) is 32.2 Å². The third-order valence-corrected chi connectivity index (χ3v) is 4.45. The van der Waals surface area contributed by atoms with Gasteiger partial charge in [-0.2, -0.15) is 0 Å². The maximum atomic E-state index is 12.4. The van der Waals surface area contributed by atoms with E-state index < -0.39 is 11.6 Å². The fourth-order valence-corrected chi connectivity index (χ4v) is 2.88. The number of amidine groups is 1. The molecule has 7 heteroatoms. The average molecular weight is 284 g/mol. The van der Waals surface area contributed by atoms with Crippen LogP contribution in [0.2, 0.25) is 0 Å². The Kier molecular flexibility index (Phi) is 4.49. The molecule has 7 nitrogen and oxygen atoms in total. The first kappa shape index (κ1) is 15.1.